The van der Waals surface area contributed by atoms with Crippen LogP contribution in [0.3, 0.4) is 0 Å². The van der Waals surface area contributed by atoms with Crippen LogP contribution in [0, 0.1) is 0 Å². The van der Waals surface area contributed by atoms with E-state index in [-0.39, 0.29) is 11.5 Å². The van der Waals surface area contributed by atoms with Crippen LogP contribution in [0.15, 0.2) is 98.1 Å². The summed E-state index contributed by atoms with van der Waals surface area (Å²) < 4.78 is 47.2. The summed E-state index contributed by atoms with van der Waals surface area (Å²) in [6.07, 6.45) is 4.16. The van der Waals surface area contributed by atoms with Crippen molar-refractivity contribution in [1.82, 2.24) is 15.0 Å². The molecule has 0 saturated carbocycles. The van der Waals surface area contributed by atoms with Crippen molar-refractivity contribution in [3.05, 3.63) is 106 Å². The van der Waals surface area contributed by atoms with Crippen LogP contribution in [0.4, 0.5) is 0 Å². The molecule has 0 amide bonds. The number of sulfonamides is 1. The predicted molar refractivity (Wildman–Crippen MR) is 159 cm³/mol. The van der Waals surface area contributed by atoms with Gasteiger partial charge in [0.15, 0.2) is 11.5 Å². The highest BCUT2D eigenvalue weighted by molar-refractivity contribution is 7.89. The Morgan fingerprint density at radius 2 is 1.86 bits per heavy atom. The topological polar surface area (TPSA) is 161 Å². The zero-order valence-electron chi connectivity index (χ0n) is 23.3. The van der Waals surface area contributed by atoms with Gasteiger partial charge in [-0.25, -0.2) is 18.4 Å². The molecule has 2 aromatic heterocycles. The molecule has 0 radical (unpaired) electrons. The maximum Gasteiger partial charge on any atom is 0.336 e. The van der Waals surface area contributed by atoms with Crippen molar-refractivity contribution in [1.29, 1.82) is 0 Å². The largest absolute Gasteiger partial charge is 0.493 e. The van der Waals surface area contributed by atoms with Crippen molar-refractivity contribution < 1.29 is 27.0 Å². The number of nitrogens with two attached hydrogens (primary N) is 1. The first kappa shape index (κ1) is 29.5. The smallest absolute Gasteiger partial charge is 0.336 e. The fourth-order valence-electron chi connectivity index (χ4n) is 4.19. The highest BCUT2D eigenvalue weighted by Gasteiger charge is 2.12. The number of aryl methyl sites for hydroxylation is 1. The summed E-state index contributed by atoms with van der Waals surface area (Å²) in [5.41, 5.74) is 2.24. The van der Waals surface area contributed by atoms with E-state index in [9.17, 15) is 13.2 Å². The lowest BCUT2D eigenvalue weighted by molar-refractivity contribution is 0.280. The van der Waals surface area contributed by atoms with Crippen LogP contribution in [0.5, 0.6) is 17.2 Å². The summed E-state index contributed by atoms with van der Waals surface area (Å²) in [5.74, 6) is 1.66. The highest BCUT2D eigenvalue weighted by Crippen LogP contribution is 2.31. The fourth-order valence-corrected chi connectivity index (χ4v) is 4.71. The SMILES string of the molecule is COc1cccc(C=NCc2ccc(S(N)(=O)=O)cc2)c1OCc1cn(CCCOc2ccc3ccc(=O)oc3c2)nn1. The summed E-state index contributed by atoms with van der Waals surface area (Å²) in [6, 6.07) is 20.2. The molecule has 3 aromatic carbocycles. The van der Waals surface area contributed by atoms with Crippen LogP contribution >= 0.6 is 0 Å². The third kappa shape index (κ3) is 7.84. The molecule has 5 aromatic rings. The second-order valence-electron chi connectivity index (χ2n) is 9.46. The summed E-state index contributed by atoms with van der Waals surface area (Å²) >= 11 is 0. The van der Waals surface area contributed by atoms with Crippen LogP contribution in [0.25, 0.3) is 11.0 Å². The first-order valence-electron chi connectivity index (χ1n) is 13.3. The van der Waals surface area contributed by atoms with Crippen molar-refractivity contribution in [2.24, 2.45) is 10.1 Å². The number of hydrogen-bond acceptors (Lipinski definition) is 10. The van der Waals surface area contributed by atoms with Crippen LogP contribution in [0.2, 0.25) is 0 Å². The van der Waals surface area contributed by atoms with Gasteiger partial charge in [-0.1, -0.05) is 23.4 Å². The van der Waals surface area contributed by atoms with E-state index >= 15 is 0 Å². The maximum absolute atomic E-state index is 11.5. The van der Waals surface area contributed by atoms with Crippen LogP contribution < -0.4 is 25.0 Å². The number of benzene rings is 3. The van der Waals surface area contributed by atoms with Crippen molar-refractivity contribution in [2.75, 3.05) is 13.7 Å². The second kappa shape index (κ2) is 13.3. The Morgan fingerprint density at radius 3 is 2.65 bits per heavy atom. The molecule has 0 spiro atoms. The van der Waals surface area contributed by atoms with Gasteiger partial charge in [0.05, 0.1) is 31.4 Å². The van der Waals surface area contributed by atoms with Gasteiger partial charge in [0.1, 0.15) is 23.6 Å². The summed E-state index contributed by atoms with van der Waals surface area (Å²) in [5, 5.41) is 14.4. The van der Waals surface area contributed by atoms with Gasteiger partial charge in [-0.05, 0) is 48.0 Å². The lowest BCUT2D eigenvalue weighted by Crippen LogP contribution is -2.11. The van der Waals surface area contributed by atoms with Gasteiger partial charge < -0.3 is 18.6 Å². The number of ether oxygens (including phenoxy) is 3. The first-order valence-corrected chi connectivity index (χ1v) is 14.8. The van der Waals surface area contributed by atoms with Crippen LogP contribution in [0.1, 0.15) is 23.2 Å². The molecular formula is C30H29N5O7S. The summed E-state index contributed by atoms with van der Waals surface area (Å²) in [4.78, 5) is 16.0. The van der Waals surface area contributed by atoms with Gasteiger partial charge >= 0.3 is 5.63 Å². The van der Waals surface area contributed by atoms with Gasteiger partial charge in [-0.2, -0.15) is 0 Å². The van der Waals surface area contributed by atoms with E-state index in [0.29, 0.717) is 60.2 Å². The normalized spacial score (nSPS) is 11.7. The molecule has 0 fully saturated rings. The minimum absolute atomic E-state index is 0.0484. The number of primary sulfonamides is 1. The standard InChI is InChI=1S/C30H29N5O7S/c1-39-27-5-2-4-23(18-32-17-21-6-11-26(12-7-21)43(31,37)38)30(27)41-20-24-19-35(34-33-24)14-3-15-40-25-10-8-22-9-13-29(36)42-28(22)16-25/h2,4-13,16,18-19H,3,14-15,17,20H2,1H3,(H2,31,37,38). The van der Waals surface area contributed by atoms with E-state index < -0.39 is 15.6 Å². The van der Waals surface area contributed by atoms with Crippen molar-refractivity contribution in [3.8, 4) is 17.2 Å². The highest BCUT2D eigenvalue weighted by atomic mass is 32.2. The number of rotatable bonds is 13. The molecule has 12 nitrogen and oxygen atoms in total. The van der Waals surface area contributed by atoms with Gasteiger partial charge in [0.2, 0.25) is 10.0 Å². The molecule has 0 aliphatic rings. The number of methoxy groups -OCH3 is 1. The molecule has 0 aliphatic carbocycles. The average Bonchev–Trinajstić information content (AvgIpc) is 3.45. The van der Waals surface area contributed by atoms with Crippen molar-refractivity contribution in [3.63, 3.8) is 0 Å². The molecule has 0 aliphatic heterocycles. The number of para-hydroxylation sites is 1. The average molecular weight is 604 g/mol. The van der Waals surface area contributed by atoms with Crippen molar-refractivity contribution in [2.45, 2.75) is 31.0 Å². The third-order valence-electron chi connectivity index (χ3n) is 6.33. The van der Waals surface area contributed by atoms with E-state index in [0.717, 1.165) is 10.9 Å². The van der Waals surface area contributed by atoms with E-state index in [4.69, 9.17) is 23.8 Å². The molecule has 0 atom stereocenters. The predicted octanol–water partition coefficient (Wildman–Crippen LogP) is 3.71. The fraction of sp³-hybridized carbons (Fsp3) is 0.200. The number of aliphatic imine (C=N–C) groups is 1. The molecule has 222 valence electrons. The zero-order valence-corrected chi connectivity index (χ0v) is 24.1. The lowest BCUT2D eigenvalue weighted by atomic mass is 10.2. The number of fused-ring (bicyclic) bond motifs is 1. The molecule has 0 unspecified atom stereocenters. The Kier molecular flexibility index (Phi) is 9.13. The summed E-state index contributed by atoms with van der Waals surface area (Å²) in [7, 11) is -2.19. The Balaban J connectivity index is 1.14. The summed E-state index contributed by atoms with van der Waals surface area (Å²) in [6.45, 7) is 1.51. The monoisotopic (exact) mass is 603 g/mol. The Bertz CT molecular complexity index is 1900. The van der Waals surface area contributed by atoms with Crippen LogP contribution in [-0.4, -0.2) is 43.3 Å². The third-order valence-corrected chi connectivity index (χ3v) is 7.26. The Labute approximate surface area is 247 Å². The molecule has 5 rings (SSSR count). The lowest BCUT2D eigenvalue weighted by Gasteiger charge is -2.12. The van der Waals surface area contributed by atoms with Gasteiger partial charge in [-0.15, -0.1) is 5.10 Å². The maximum atomic E-state index is 11.5. The number of nitrogens with zero attached hydrogens (tertiary/aromatic N) is 4. The van der Waals surface area contributed by atoms with E-state index in [1.54, 1.807) is 54.5 Å². The number of hydrogen-bond donors (Lipinski definition) is 1. The molecule has 0 bridgehead atoms. The van der Waals surface area contributed by atoms with E-state index in [1.165, 1.54) is 18.2 Å². The molecule has 0 saturated heterocycles. The molecule has 43 heavy (non-hydrogen) atoms. The molecule has 13 heteroatoms. The molecule has 2 heterocycles. The molecular weight excluding hydrogens is 574 g/mol. The van der Waals surface area contributed by atoms with E-state index in [1.807, 2.05) is 24.3 Å². The van der Waals surface area contributed by atoms with E-state index in [2.05, 4.69) is 15.3 Å². The first-order chi connectivity index (χ1) is 20.8. The minimum Gasteiger partial charge on any atom is -0.493 e. The van der Waals surface area contributed by atoms with Gasteiger partial charge in [-0.3, -0.25) is 9.67 Å². The Hall–Kier alpha value is -5.01. The number of aromatic nitrogens is 3. The van der Waals surface area contributed by atoms with Crippen molar-refractivity contribution >= 4 is 27.2 Å². The quantitative estimate of drug-likeness (QED) is 0.120. The molecule has 2 N–H and O–H groups in total. The minimum atomic E-state index is -3.74. The van der Waals surface area contributed by atoms with Gasteiger partial charge in [0.25, 0.3) is 0 Å². The second-order valence-corrected chi connectivity index (χ2v) is 11.0. The zero-order chi connectivity index (χ0) is 30.2. The van der Waals surface area contributed by atoms with Crippen LogP contribution in [-0.2, 0) is 29.7 Å². The Morgan fingerprint density at radius 1 is 1.05 bits per heavy atom. The van der Waals surface area contributed by atoms with Gasteiger partial charge in [0, 0.05) is 42.3 Å².